The highest BCUT2D eigenvalue weighted by molar-refractivity contribution is 7.15. The number of thiazole rings is 1. The first kappa shape index (κ1) is 14.4. The van der Waals surface area contributed by atoms with Crippen LogP contribution in [0.3, 0.4) is 0 Å². The van der Waals surface area contributed by atoms with Crippen molar-refractivity contribution in [3.8, 4) is 0 Å². The first-order valence-electron chi connectivity index (χ1n) is 7.81. The number of para-hydroxylation sites is 1. The maximum Gasteiger partial charge on any atom is 0.232 e. The van der Waals surface area contributed by atoms with Gasteiger partial charge in [0.15, 0.2) is 10.7 Å². The van der Waals surface area contributed by atoms with Crippen LogP contribution in [-0.4, -0.2) is 16.0 Å². The molecular weight excluding hydrogens is 310 g/mol. The minimum Gasteiger partial charge on any atom is -0.356 e. The Morgan fingerprint density at radius 3 is 3.22 bits per heavy atom. The van der Waals surface area contributed by atoms with E-state index in [2.05, 4.69) is 22.4 Å². The lowest BCUT2D eigenvalue weighted by Crippen LogP contribution is -2.14. The van der Waals surface area contributed by atoms with Gasteiger partial charge in [-0.1, -0.05) is 24.2 Å². The number of carbonyl (C=O) groups is 1. The van der Waals surface area contributed by atoms with Crippen LogP contribution in [0.2, 0.25) is 0 Å². The molecule has 1 aliphatic carbocycles. The lowest BCUT2D eigenvalue weighted by atomic mass is 9.93. The molecule has 6 heteroatoms. The maximum atomic E-state index is 12.3. The molecule has 1 N–H and O–H groups in total. The Balaban J connectivity index is 1.48. The fourth-order valence-corrected chi connectivity index (χ4v) is 4.16. The second-order valence-electron chi connectivity index (χ2n) is 6.09. The molecule has 1 aromatic carbocycles. The predicted molar refractivity (Wildman–Crippen MR) is 89.6 cm³/mol. The Bertz CT molecular complexity index is 868. The second kappa shape index (κ2) is 5.77. The predicted octanol–water partition coefficient (Wildman–Crippen LogP) is 3.59. The third-order valence-corrected chi connectivity index (χ3v) is 5.25. The molecule has 0 saturated carbocycles. The molecule has 0 spiro atoms. The van der Waals surface area contributed by atoms with Gasteiger partial charge in [0.05, 0.1) is 12.1 Å². The number of fused-ring (bicyclic) bond motifs is 2. The van der Waals surface area contributed by atoms with Crippen molar-refractivity contribution < 1.29 is 9.32 Å². The Morgan fingerprint density at radius 2 is 2.30 bits per heavy atom. The monoisotopic (exact) mass is 327 g/mol. The molecule has 3 aromatic rings. The van der Waals surface area contributed by atoms with Crippen LogP contribution in [0.15, 0.2) is 28.8 Å². The topological polar surface area (TPSA) is 68.0 Å². The lowest BCUT2D eigenvalue weighted by molar-refractivity contribution is -0.115. The molecule has 4 rings (SSSR count). The van der Waals surface area contributed by atoms with Gasteiger partial charge in [-0.25, -0.2) is 4.98 Å². The van der Waals surface area contributed by atoms with Crippen molar-refractivity contribution in [2.24, 2.45) is 5.92 Å². The van der Waals surface area contributed by atoms with E-state index in [0.717, 1.165) is 23.9 Å². The second-order valence-corrected chi connectivity index (χ2v) is 7.17. The van der Waals surface area contributed by atoms with E-state index in [4.69, 9.17) is 4.52 Å². The largest absolute Gasteiger partial charge is 0.356 e. The van der Waals surface area contributed by atoms with Crippen molar-refractivity contribution in [1.82, 2.24) is 10.1 Å². The van der Waals surface area contributed by atoms with Gasteiger partial charge in [0.2, 0.25) is 5.91 Å². The number of carbonyl (C=O) groups excluding carboxylic acids is 1. The smallest absolute Gasteiger partial charge is 0.232 e. The number of anilines is 1. The average Bonchev–Trinajstić information content (AvgIpc) is 3.11. The van der Waals surface area contributed by atoms with Crippen LogP contribution < -0.4 is 5.32 Å². The Morgan fingerprint density at radius 1 is 1.43 bits per heavy atom. The molecule has 5 nitrogen and oxygen atoms in total. The van der Waals surface area contributed by atoms with Gasteiger partial charge in [0, 0.05) is 10.3 Å². The van der Waals surface area contributed by atoms with Gasteiger partial charge in [-0.2, -0.15) is 0 Å². The first-order valence-corrected chi connectivity index (χ1v) is 8.62. The van der Waals surface area contributed by atoms with E-state index < -0.39 is 0 Å². The fourth-order valence-electron chi connectivity index (χ4n) is 2.97. The van der Waals surface area contributed by atoms with Crippen LogP contribution >= 0.6 is 11.3 Å². The van der Waals surface area contributed by atoms with Gasteiger partial charge >= 0.3 is 0 Å². The molecule has 0 saturated heterocycles. The minimum atomic E-state index is -0.108. The minimum absolute atomic E-state index is 0.108. The molecule has 0 aliphatic heterocycles. The van der Waals surface area contributed by atoms with Crippen molar-refractivity contribution in [1.29, 1.82) is 0 Å². The highest BCUT2D eigenvalue weighted by Crippen LogP contribution is 2.32. The molecule has 0 fully saturated rings. The normalized spacial score (nSPS) is 17.2. The molecule has 0 bridgehead atoms. The summed E-state index contributed by atoms with van der Waals surface area (Å²) in [5.41, 5.74) is 2.51. The molecule has 2 heterocycles. The number of aromatic nitrogens is 2. The maximum absolute atomic E-state index is 12.3. The van der Waals surface area contributed by atoms with Gasteiger partial charge in [0.1, 0.15) is 5.69 Å². The number of aryl methyl sites for hydroxylation is 1. The van der Waals surface area contributed by atoms with Crippen LogP contribution in [-0.2, 0) is 24.1 Å². The molecular formula is C17H17N3O2S. The zero-order valence-electron chi connectivity index (χ0n) is 12.8. The molecule has 1 unspecified atom stereocenters. The number of nitrogens with one attached hydrogen (secondary N) is 1. The summed E-state index contributed by atoms with van der Waals surface area (Å²) in [5.74, 6) is 0.594. The molecule has 23 heavy (non-hydrogen) atoms. The molecule has 1 amide bonds. The Labute approximate surface area is 137 Å². The van der Waals surface area contributed by atoms with Crippen molar-refractivity contribution in [3.05, 3.63) is 40.5 Å². The standard InChI is InChI=1S/C17H17N3O2S/c1-10-6-7-12-15(8-10)23-17(18-12)19-16(21)9-13-11-4-2-3-5-14(11)22-20-13/h2-5,10H,6-9H2,1H3,(H,18,19,21). The molecule has 118 valence electrons. The molecule has 1 atom stereocenters. The van der Waals surface area contributed by atoms with Crippen LogP contribution in [0.1, 0.15) is 29.6 Å². The summed E-state index contributed by atoms with van der Waals surface area (Å²) in [7, 11) is 0. The summed E-state index contributed by atoms with van der Waals surface area (Å²) in [5, 5.41) is 8.48. The van der Waals surface area contributed by atoms with E-state index >= 15 is 0 Å². The van der Waals surface area contributed by atoms with Crippen molar-refractivity contribution in [2.45, 2.75) is 32.6 Å². The van der Waals surface area contributed by atoms with Crippen molar-refractivity contribution >= 4 is 33.3 Å². The zero-order valence-corrected chi connectivity index (χ0v) is 13.7. The highest BCUT2D eigenvalue weighted by Gasteiger charge is 2.21. The number of benzene rings is 1. The van der Waals surface area contributed by atoms with E-state index in [9.17, 15) is 4.79 Å². The summed E-state index contributed by atoms with van der Waals surface area (Å²) in [6.45, 7) is 2.26. The van der Waals surface area contributed by atoms with E-state index in [1.807, 2.05) is 24.3 Å². The molecule has 1 aliphatic rings. The summed E-state index contributed by atoms with van der Waals surface area (Å²) in [4.78, 5) is 18.1. The Hall–Kier alpha value is -2.21. The molecule has 2 aromatic heterocycles. The van der Waals surface area contributed by atoms with Gasteiger partial charge in [-0.3, -0.25) is 4.79 Å². The number of nitrogens with zero attached hydrogens (tertiary/aromatic N) is 2. The van der Waals surface area contributed by atoms with Crippen molar-refractivity contribution in [2.75, 3.05) is 5.32 Å². The van der Waals surface area contributed by atoms with E-state index in [1.165, 1.54) is 11.3 Å². The quantitative estimate of drug-likeness (QED) is 0.798. The number of hydrogen-bond donors (Lipinski definition) is 1. The SMILES string of the molecule is CC1CCc2nc(NC(=O)Cc3noc4ccccc34)sc2C1. The van der Waals surface area contributed by atoms with E-state index in [1.54, 1.807) is 11.3 Å². The summed E-state index contributed by atoms with van der Waals surface area (Å²) >= 11 is 1.60. The third-order valence-electron chi connectivity index (χ3n) is 4.21. The fraction of sp³-hybridized carbons (Fsp3) is 0.353. The van der Waals surface area contributed by atoms with E-state index in [-0.39, 0.29) is 12.3 Å². The Kier molecular flexibility index (Phi) is 3.61. The van der Waals surface area contributed by atoms with Crippen LogP contribution in [0.5, 0.6) is 0 Å². The summed E-state index contributed by atoms with van der Waals surface area (Å²) in [6.07, 6.45) is 3.44. The van der Waals surface area contributed by atoms with Crippen molar-refractivity contribution in [3.63, 3.8) is 0 Å². The number of hydrogen-bond acceptors (Lipinski definition) is 5. The number of amides is 1. The van der Waals surface area contributed by atoms with E-state index in [0.29, 0.717) is 22.3 Å². The lowest BCUT2D eigenvalue weighted by Gasteiger charge is -2.15. The summed E-state index contributed by atoms with van der Waals surface area (Å²) in [6, 6.07) is 7.56. The van der Waals surface area contributed by atoms with Crippen LogP contribution in [0.25, 0.3) is 11.0 Å². The molecule has 0 radical (unpaired) electrons. The highest BCUT2D eigenvalue weighted by atomic mass is 32.1. The first-order chi connectivity index (χ1) is 11.2. The average molecular weight is 327 g/mol. The van der Waals surface area contributed by atoms with Gasteiger partial charge in [-0.15, -0.1) is 11.3 Å². The zero-order chi connectivity index (χ0) is 15.8. The third kappa shape index (κ3) is 2.86. The van der Waals surface area contributed by atoms with Crippen LogP contribution in [0, 0.1) is 5.92 Å². The van der Waals surface area contributed by atoms with Crippen LogP contribution in [0.4, 0.5) is 5.13 Å². The summed E-state index contributed by atoms with van der Waals surface area (Å²) < 4.78 is 5.24. The van der Waals surface area contributed by atoms with Gasteiger partial charge in [0.25, 0.3) is 0 Å². The number of rotatable bonds is 3. The van der Waals surface area contributed by atoms with Gasteiger partial charge in [-0.05, 0) is 37.3 Å². The van der Waals surface area contributed by atoms with Gasteiger partial charge < -0.3 is 9.84 Å².